The molecule has 3 atom stereocenters. The second-order valence-corrected chi connectivity index (χ2v) is 8.15. The van der Waals surface area contributed by atoms with Crippen LogP contribution in [0.3, 0.4) is 0 Å². The number of methoxy groups -OCH3 is 3. The number of fused-ring (bicyclic) bond motifs is 5. The number of aliphatic hydroxyl groups is 1. The fraction of sp³-hybridized carbons (Fsp3) is 0.522. The Morgan fingerprint density at radius 1 is 1.37 bits per heavy atom. The average molecular weight is 415 g/mol. The topological polar surface area (TPSA) is 84.0 Å². The molecule has 7 nitrogen and oxygen atoms in total. The number of esters is 1. The Kier molecular flexibility index (Phi) is 5.51. The van der Waals surface area contributed by atoms with Crippen LogP contribution in [0.15, 0.2) is 30.0 Å². The minimum Gasteiger partial charge on any atom is -0.504 e. The zero-order valence-electron chi connectivity index (χ0n) is 18.0. The Hall–Kier alpha value is -2.51. The van der Waals surface area contributed by atoms with Crippen LogP contribution in [-0.4, -0.2) is 55.4 Å². The van der Waals surface area contributed by atoms with Crippen LogP contribution in [-0.2, 0) is 26.4 Å². The molecule has 3 heterocycles. The summed E-state index contributed by atoms with van der Waals surface area (Å²) >= 11 is 0. The van der Waals surface area contributed by atoms with Gasteiger partial charge in [0.05, 0.1) is 38.9 Å². The van der Waals surface area contributed by atoms with E-state index in [1.165, 1.54) is 20.5 Å². The quantitative estimate of drug-likeness (QED) is 0.445. The maximum atomic E-state index is 12.5. The van der Waals surface area contributed by atoms with E-state index in [2.05, 4.69) is 16.8 Å². The molecule has 2 aliphatic heterocycles. The summed E-state index contributed by atoms with van der Waals surface area (Å²) in [5, 5.41) is 13.0. The van der Waals surface area contributed by atoms with Crippen LogP contribution in [0.5, 0.6) is 5.75 Å². The van der Waals surface area contributed by atoms with Crippen LogP contribution in [0, 0.1) is 11.8 Å². The maximum absolute atomic E-state index is 12.5. The molecule has 1 saturated heterocycles. The van der Waals surface area contributed by atoms with Crippen molar-refractivity contribution in [1.82, 2.24) is 9.88 Å². The third-order valence-electron chi connectivity index (χ3n) is 6.78. The number of piperidine rings is 1. The molecule has 1 aromatic heterocycles. The fourth-order valence-electron chi connectivity index (χ4n) is 5.30. The van der Waals surface area contributed by atoms with E-state index in [4.69, 9.17) is 14.2 Å². The Bertz CT molecular complexity index is 981. The van der Waals surface area contributed by atoms with E-state index in [-0.39, 0.29) is 11.8 Å². The molecule has 2 unspecified atom stereocenters. The van der Waals surface area contributed by atoms with Crippen molar-refractivity contribution in [2.24, 2.45) is 11.8 Å². The number of H-pyrrole nitrogens is 1. The molecule has 1 fully saturated rings. The normalized spacial score (nSPS) is 26.8. The van der Waals surface area contributed by atoms with E-state index in [1.807, 2.05) is 18.2 Å². The molecule has 4 rings (SSSR count). The lowest BCUT2D eigenvalue weighted by atomic mass is 9.72. The highest BCUT2D eigenvalue weighted by Gasteiger charge is 2.51. The number of aromatic nitrogens is 1. The van der Waals surface area contributed by atoms with Gasteiger partial charge in [0.1, 0.15) is 5.75 Å². The molecule has 30 heavy (non-hydrogen) atoms. The van der Waals surface area contributed by atoms with Gasteiger partial charge < -0.3 is 24.3 Å². The number of ether oxygens (including phenoxy) is 3. The van der Waals surface area contributed by atoms with Crippen molar-refractivity contribution in [3.8, 4) is 5.75 Å². The van der Waals surface area contributed by atoms with Crippen LogP contribution in [0.4, 0.5) is 0 Å². The summed E-state index contributed by atoms with van der Waals surface area (Å²) in [4.78, 5) is 18.1. The minimum absolute atomic E-state index is 0.178. The van der Waals surface area contributed by atoms with Gasteiger partial charge in [-0.1, -0.05) is 19.4 Å². The van der Waals surface area contributed by atoms with Gasteiger partial charge in [0.15, 0.2) is 5.72 Å². The van der Waals surface area contributed by atoms with Crippen molar-refractivity contribution in [3.05, 3.63) is 41.3 Å². The van der Waals surface area contributed by atoms with Crippen molar-refractivity contribution < 1.29 is 24.1 Å². The molecule has 2 N–H and O–H groups in total. The molecule has 0 saturated carbocycles. The lowest BCUT2D eigenvalue weighted by Gasteiger charge is -2.51. The average Bonchev–Trinajstić information content (AvgIpc) is 3.16. The first kappa shape index (κ1) is 20.8. The zero-order chi connectivity index (χ0) is 21.5. The van der Waals surface area contributed by atoms with Crippen LogP contribution in [0.1, 0.15) is 31.0 Å². The number of nitrogens with one attached hydrogen (secondary N) is 1. The number of aromatic amines is 1. The largest absolute Gasteiger partial charge is 0.504 e. The standard InChI is InChI=1S/C23H30N2O5/c1-5-14-12-25-10-9-15-20-18(7-6-8-19(20)29-3)24-21(15)23(25,27)11-16(14)17(13-28-2)22(26)30-4/h6-8,13-14,16,24,27H,5,9-12H2,1-4H3/b17-13+/t14?,16?,23-/m1/s1. The molecule has 2 aliphatic rings. The van der Waals surface area contributed by atoms with Gasteiger partial charge >= 0.3 is 5.97 Å². The second-order valence-electron chi connectivity index (χ2n) is 8.15. The van der Waals surface area contributed by atoms with Gasteiger partial charge in [-0.05, 0) is 30.0 Å². The molecule has 0 aliphatic carbocycles. The number of rotatable bonds is 5. The molecule has 7 heteroatoms. The zero-order valence-corrected chi connectivity index (χ0v) is 18.0. The highest BCUT2D eigenvalue weighted by molar-refractivity contribution is 5.91. The van der Waals surface area contributed by atoms with Crippen LogP contribution >= 0.6 is 0 Å². The van der Waals surface area contributed by atoms with Gasteiger partial charge in [-0.25, -0.2) is 4.79 Å². The van der Waals surface area contributed by atoms with E-state index in [1.54, 1.807) is 7.11 Å². The van der Waals surface area contributed by atoms with Crippen molar-refractivity contribution in [2.45, 2.75) is 31.9 Å². The summed E-state index contributed by atoms with van der Waals surface area (Å²) in [6, 6.07) is 5.89. The summed E-state index contributed by atoms with van der Waals surface area (Å²) in [6.45, 7) is 3.56. The molecule has 0 radical (unpaired) electrons. The Morgan fingerprint density at radius 3 is 2.83 bits per heavy atom. The third-order valence-corrected chi connectivity index (χ3v) is 6.78. The van der Waals surface area contributed by atoms with E-state index in [9.17, 15) is 9.90 Å². The SMILES string of the molecule is CCC1CN2CCc3c([nH]c4cccc(OC)c34)[C@]2(O)CC1/C(=C\OC)C(=O)OC. The van der Waals surface area contributed by atoms with Gasteiger partial charge in [0.25, 0.3) is 0 Å². The fourth-order valence-corrected chi connectivity index (χ4v) is 5.30. The molecule has 0 bridgehead atoms. The lowest BCUT2D eigenvalue weighted by Crippen LogP contribution is -2.58. The van der Waals surface area contributed by atoms with E-state index >= 15 is 0 Å². The van der Waals surface area contributed by atoms with Gasteiger partial charge in [-0.2, -0.15) is 0 Å². The summed E-state index contributed by atoms with van der Waals surface area (Å²) < 4.78 is 15.8. The van der Waals surface area contributed by atoms with Crippen molar-refractivity contribution in [3.63, 3.8) is 0 Å². The number of hydrogen-bond donors (Lipinski definition) is 2. The highest BCUT2D eigenvalue weighted by Crippen LogP contribution is 2.49. The summed E-state index contributed by atoms with van der Waals surface area (Å²) in [5.41, 5.74) is 2.11. The van der Waals surface area contributed by atoms with E-state index in [0.717, 1.165) is 47.3 Å². The predicted molar refractivity (Wildman–Crippen MR) is 113 cm³/mol. The van der Waals surface area contributed by atoms with Gasteiger partial charge in [0, 0.05) is 36.3 Å². The van der Waals surface area contributed by atoms with Crippen molar-refractivity contribution >= 4 is 16.9 Å². The summed E-state index contributed by atoms with van der Waals surface area (Å²) in [7, 11) is 4.56. The molecule has 0 amide bonds. The van der Waals surface area contributed by atoms with E-state index < -0.39 is 11.7 Å². The minimum atomic E-state index is -1.20. The molecule has 162 valence electrons. The first-order valence-corrected chi connectivity index (χ1v) is 10.4. The summed E-state index contributed by atoms with van der Waals surface area (Å²) in [5.74, 6) is 0.427. The summed E-state index contributed by atoms with van der Waals surface area (Å²) in [6.07, 6.45) is 3.58. The number of nitrogens with zero attached hydrogens (tertiary/aromatic N) is 1. The van der Waals surface area contributed by atoms with Crippen LogP contribution in [0.25, 0.3) is 10.9 Å². The Morgan fingerprint density at radius 2 is 2.17 bits per heavy atom. The second kappa shape index (κ2) is 7.96. The van der Waals surface area contributed by atoms with Crippen molar-refractivity contribution in [2.75, 3.05) is 34.4 Å². The number of hydrogen-bond acceptors (Lipinski definition) is 6. The number of carbonyl (C=O) groups is 1. The molecule has 1 aromatic carbocycles. The van der Waals surface area contributed by atoms with Gasteiger partial charge in [0.2, 0.25) is 0 Å². The Balaban J connectivity index is 1.82. The van der Waals surface area contributed by atoms with Gasteiger partial charge in [-0.3, -0.25) is 4.90 Å². The molecular weight excluding hydrogens is 384 g/mol. The molecule has 0 spiro atoms. The first-order valence-electron chi connectivity index (χ1n) is 10.4. The third kappa shape index (κ3) is 3.08. The highest BCUT2D eigenvalue weighted by atomic mass is 16.5. The lowest BCUT2D eigenvalue weighted by molar-refractivity contribution is -0.174. The maximum Gasteiger partial charge on any atom is 0.337 e. The monoisotopic (exact) mass is 414 g/mol. The molecular formula is C23H30N2O5. The van der Waals surface area contributed by atoms with Crippen LogP contribution < -0.4 is 4.74 Å². The predicted octanol–water partition coefficient (Wildman–Crippen LogP) is 2.93. The first-order chi connectivity index (χ1) is 14.5. The molecule has 2 aromatic rings. The van der Waals surface area contributed by atoms with Crippen LogP contribution in [0.2, 0.25) is 0 Å². The van der Waals surface area contributed by atoms with Gasteiger partial charge in [-0.15, -0.1) is 0 Å². The number of carbonyl (C=O) groups excluding carboxylic acids is 1. The van der Waals surface area contributed by atoms with E-state index in [0.29, 0.717) is 18.5 Å². The smallest absolute Gasteiger partial charge is 0.337 e. The van der Waals surface area contributed by atoms with Crippen molar-refractivity contribution in [1.29, 1.82) is 0 Å². The number of benzene rings is 1. The Labute approximate surface area is 176 Å².